The number of guanidine groups is 1. The van der Waals surface area contributed by atoms with Crippen LogP contribution in [-0.4, -0.2) is 31.6 Å². The number of nitrogens with one attached hydrogen (secondary N) is 2. The third-order valence-corrected chi connectivity index (χ3v) is 4.60. The molecule has 0 aromatic heterocycles. The Bertz CT molecular complexity index is 891. The number of nitrogens with zero attached hydrogens (tertiary/aromatic N) is 3. The molecular formula is C21H23F2N5. The molecule has 3 rings (SSSR count). The van der Waals surface area contributed by atoms with E-state index in [0.29, 0.717) is 43.4 Å². The van der Waals surface area contributed by atoms with Crippen LogP contribution in [0.1, 0.15) is 24.5 Å². The first-order chi connectivity index (χ1) is 13.6. The molecule has 1 aliphatic rings. The average molecular weight is 383 g/mol. The lowest BCUT2D eigenvalue weighted by Gasteiger charge is -2.21. The highest BCUT2D eigenvalue weighted by Crippen LogP contribution is 2.24. The Morgan fingerprint density at radius 3 is 2.89 bits per heavy atom. The molecule has 7 heteroatoms. The second-order valence-electron chi connectivity index (χ2n) is 6.68. The minimum absolute atomic E-state index is 0.104. The van der Waals surface area contributed by atoms with E-state index in [9.17, 15) is 8.78 Å². The van der Waals surface area contributed by atoms with Gasteiger partial charge in [-0.15, -0.1) is 0 Å². The maximum atomic E-state index is 14.0. The van der Waals surface area contributed by atoms with Gasteiger partial charge >= 0.3 is 0 Å². The van der Waals surface area contributed by atoms with Gasteiger partial charge in [-0.2, -0.15) is 5.26 Å². The van der Waals surface area contributed by atoms with Crippen LogP contribution in [0.2, 0.25) is 0 Å². The van der Waals surface area contributed by atoms with E-state index in [1.54, 1.807) is 6.07 Å². The summed E-state index contributed by atoms with van der Waals surface area (Å²) in [6.45, 7) is 4.45. The van der Waals surface area contributed by atoms with E-state index in [0.717, 1.165) is 18.1 Å². The summed E-state index contributed by atoms with van der Waals surface area (Å²) in [4.78, 5) is 6.50. The minimum atomic E-state index is -0.572. The molecule has 2 aromatic rings. The van der Waals surface area contributed by atoms with E-state index in [1.165, 1.54) is 12.1 Å². The van der Waals surface area contributed by atoms with Crippen molar-refractivity contribution in [3.8, 4) is 6.07 Å². The molecule has 0 spiro atoms. The molecule has 0 aliphatic carbocycles. The lowest BCUT2D eigenvalue weighted by Crippen LogP contribution is -2.44. The number of nitriles is 1. The van der Waals surface area contributed by atoms with E-state index in [-0.39, 0.29) is 6.04 Å². The fraction of sp³-hybridized carbons (Fsp3) is 0.333. The summed E-state index contributed by atoms with van der Waals surface area (Å²) in [5.41, 5.74) is 1.98. The van der Waals surface area contributed by atoms with Crippen molar-refractivity contribution >= 4 is 11.6 Å². The van der Waals surface area contributed by atoms with Crippen LogP contribution in [0, 0.1) is 23.0 Å². The molecule has 1 fully saturated rings. The van der Waals surface area contributed by atoms with Gasteiger partial charge in [-0.25, -0.2) is 13.8 Å². The fourth-order valence-corrected chi connectivity index (χ4v) is 3.26. The Hall–Kier alpha value is -3.14. The van der Waals surface area contributed by atoms with Crippen molar-refractivity contribution in [1.82, 2.24) is 10.6 Å². The molecule has 1 unspecified atom stereocenters. The summed E-state index contributed by atoms with van der Waals surface area (Å²) in [5.74, 6) is -0.438. The SMILES string of the molecule is CCNC(=NCc1cccc(C#N)c1)NC1CCN(c2ccc(F)cc2F)C1. The highest BCUT2D eigenvalue weighted by molar-refractivity contribution is 5.80. The second-order valence-corrected chi connectivity index (χ2v) is 6.68. The maximum Gasteiger partial charge on any atom is 0.191 e. The van der Waals surface area contributed by atoms with Gasteiger partial charge in [0.25, 0.3) is 0 Å². The third-order valence-electron chi connectivity index (χ3n) is 4.60. The zero-order valence-corrected chi connectivity index (χ0v) is 15.8. The van der Waals surface area contributed by atoms with Crippen molar-refractivity contribution in [3.63, 3.8) is 0 Å². The minimum Gasteiger partial charge on any atom is -0.367 e. The molecule has 1 heterocycles. The fourth-order valence-electron chi connectivity index (χ4n) is 3.26. The summed E-state index contributed by atoms with van der Waals surface area (Å²) < 4.78 is 27.1. The van der Waals surface area contributed by atoms with Crippen LogP contribution in [0.5, 0.6) is 0 Å². The number of hydrogen-bond acceptors (Lipinski definition) is 3. The summed E-state index contributed by atoms with van der Waals surface area (Å²) in [6, 6.07) is 13.3. The number of halogens is 2. The van der Waals surface area contributed by atoms with Gasteiger partial charge in [0.15, 0.2) is 5.96 Å². The van der Waals surface area contributed by atoms with Crippen LogP contribution in [0.25, 0.3) is 0 Å². The lowest BCUT2D eigenvalue weighted by molar-refractivity contribution is 0.580. The largest absolute Gasteiger partial charge is 0.367 e. The Morgan fingerprint density at radius 2 is 2.14 bits per heavy atom. The summed E-state index contributed by atoms with van der Waals surface area (Å²) in [5, 5.41) is 15.6. The van der Waals surface area contributed by atoms with E-state index in [4.69, 9.17) is 5.26 Å². The number of anilines is 1. The smallest absolute Gasteiger partial charge is 0.191 e. The van der Waals surface area contributed by atoms with Crippen LogP contribution in [0.15, 0.2) is 47.5 Å². The predicted octanol–water partition coefficient (Wildman–Crippen LogP) is 3.17. The maximum absolute atomic E-state index is 14.0. The van der Waals surface area contributed by atoms with Gasteiger partial charge in [0.2, 0.25) is 0 Å². The van der Waals surface area contributed by atoms with Crippen molar-refractivity contribution < 1.29 is 8.78 Å². The molecule has 0 radical (unpaired) electrons. The lowest BCUT2D eigenvalue weighted by atomic mass is 10.1. The summed E-state index contributed by atoms with van der Waals surface area (Å²) in [7, 11) is 0. The van der Waals surface area contributed by atoms with Gasteiger partial charge in [-0.05, 0) is 43.2 Å². The van der Waals surface area contributed by atoms with Gasteiger partial charge in [0, 0.05) is 31.7 Å². The van der Waals surface area contributed by atoms with Crippen molar-refractivity contribution in [3.05, 3.63) is 65.2 Å². The third kappa shape index (κ3) is 4.97. The van der Waals surface area contributed by atoms with Crippen molar-refractivity contribution in [1.29, 1.82) is 5.26 Å². The van der Waals surface area contributed by atoms with Gasteiger partial charge in [0.05, 0.1) is 23.9 Å². The molecule has 5 nitrogen and oxygen atoms in total. The number of benzene rings is 2. The summed E-state index contributed by atoms with van der Waals surface area (Å²) in [6.07, 6.45) is 0.825. The van der Waals surface area contributed by atoms with E-state index in [2.05, 4.69) is 21.7 Å². The molecule has 28 heavy (non-hydrogen) atoms. The second kappa shape index (κ2) is 9.18. The Kier molecular flexibility index (Phi) is 6.43. The normalized spacial score (nSPS) is 16.7. The van der Waals surface area contributed by atoms with Gasteiger partial charge < -0.3 is 15.5 Å². The molecule has 0 saturated carbocycles. The average Bonchev–Trinajstić information content (AvgIpc) is 3.14. The molecule has 1 atom stereocenters. The van der Waals surface area contributed by atoms with Gasteiger partial charge in [0.1, 0.15) is 11.6 Å². The molecule has 0 amide bonds. The number of hydrogen-bond donors (Lipinski definition) is 2. The zero-order chi connectivity index (χ0) is 19.9. The van der Waals surface area contributed by atoms with Crippen LogP contribution in [0.3, 0.4) is 0 Å². The van der Waals surface area contributed by atoms with Gasteiger partial charge in [-0.3, -0.25) is 0 Å². The first-order valence-electron chi connectivity index (χ1n) is 9.33. The highest BCUT2D eigenvalue weighted by Gasteiger charge is 2.25. The first-order valence-corrected chi connectivity index (χ1v) is 9.33. The highest BCUT2D eigenvalue weighted by atomic mass is 19.1. The van der Waals surface area contributed by atoms with E-state index in [1.807, 2.05) is 30.0 Å². The van der Waals surface area contributed by atoms with E-state index >= 15 is 0 Å². The van der Waals surface area contributed by atoms with Crippen molar-refractivity contribution in [2.75, 3.05) is 24.5 Å². The van der Waals surface area contributed by atoms with Crippen LogP contribution >= 0.6 is 0 Å². The number of aliphatic imine (C=N–C) groups is 1. The quantitative estimate of drug-likeness (QED) is 0.615. The number of rotatable bonds is 5. The molecular weight excluding hydrogens is 360 g/mol. The van der Waals surface area contributed by atoms with Crippen molar-refractivity contribution in [2.24, 2.45) is 4.99 Å². The standard InChI is InChI=1S/C21H23F2N5/c1-2-25-21(26-13-16-5-3-4-15(10-16)12-24)27-18-8-9-28(14-18)20-7-6-17(22)11-19(20)23/h3-7,10-11,18H,2,8-9,13-14H2,1H3,(H2,25,26,27). The summed E-state index contributed by atoms with van der Waals surface area (Å²) >= 11 is 0. The topological polar surface area (TPSA) is 63.5 Å². The zero-order valence-electron chi connectivity index (χ0n) is 15.8. The monoisotopic (exact) mass is 383 g/mol. The first kappa shape index (κ1) is 19.6. The molecule has 2 N–H and O–H groups in total. The van der Waals surface area contributed by atoms with Crippen LogP contribution in [0.4, 0.5) is 14.5 Å². The van der Waals surface area contributed by atoms with E-state index < -0.39 is 11.6 Å². The molecule has 0 bridgehead atoms. The molecule has 1 aliphatic heterocycles. The van der Waals surface area contributed by atoms with Crippen LogP contribution in [-0.2, 0) is 6.54 Å². The Morgan fingerprint density at radius 1 is 1.29 bits per heavy atom. The predicted molar refractivity (Wildman–Crippen MR) is 106 cm³/mol. The molecule has 1 saturated heterocycles. The Balaban J connectivity index is 1.63. The van der Waals surface area contributed by atoms with Crippen LogP contribution < -0.4 is 15.5 Å². The van der Waals surface area contributed by atoms with Gasteiger partial charge in [-0.1, -0.05) is 12.1 Å². The Labute approximate surface area is 163 Å². The molecule has 146 valence electrons. The van der Waals surface area contributed by atoms with Crippen molar-refractivity contribution in [2.45, 2.75) is 25.9 Å². The molecule has 2 aromatic carbocycles.